The number of thioether (sulfide) groups is 1. The van der Waals surface area contributed by atoms with E-state index >= 15 is 0 Å². The number of rotatable bonds is 6. The zero-order valence-electron chi connectivity index (χ0n) is 14.7. The molecule has 1 aliphatic heterocycles. The third-order valence-corrected chi connectivity index (χ3v) is 5.56. The monoisotopic (exact) mass is 360 g/mol. The largest absolute Gasteiger partial charge is 0.339 e. The van der Waals surface area contributed by atoms with E-state index in [1.165, 1.54) is 17.3 Å². The fourth-order valence-corrected chi connectivity index (χ4v) is 3.86. The third kappa shape index (κ3) is 4.38. The SMILES string of the molecule is CCn1nnnc1SCC(=O)N1CCN(C(C)c2ccccc2)CC1. The van der Waals surface area contributed by atoms with E-state index in [1.807, 2.05) is 17.9 Å². The van der Waals surface area contributed by atoms with Crippen LogP contribution in [0.5, 0.6) is 0 Å². The average Bonchev–Trinajstić information content (AvgIpc) is 3.14. The van der Waals surface area contributed by atoms with Gasteiger partial charge in [0, 0.05) is 38.8 Å². The molecule has 8 heteroatoms. The molecule has 7 nitrogen and oxygen atoms in total. The Balaban J connectivity index is 1.47. The molecule has 1 amide bonds. The van der Waals surface area contributed by atoms with Gasteiger partial charge in [-0.15, -0.1) is 5.10 Å². The summed E-state index contributed by atoms with van der Waals surface area (Å²) >= 11 is 1.41. The Kier molecular flexibility index (Phi) is 6.04. The fourth-order valence-electron chi connectivity index (χ4n) is 3.02. The summed E-state index contributed by atoms with van der Waals surface area (Å²) in [5, 5.41) is 12.2. The summed E-state index contributed by atoms with van der Waals surface area (Å²) in [5.41, 5.74) is 1.32. The first kappa shape index (κ1) is 17.9. The van der Waals surface area contributed by atoms with Crippen LogP contribution in [0.1, 0.15) is 25.5 Å². The first-order valence-electron chi connectivity index (χ1n) is 8.64. The molecule has 1 aromatic carbocycles. The van der Waals surface area contributed by atoms with E-state index in [9.17, 15) is 4.79 Å². The maximum Gasteiger partial charge on any atom is 0.233 e. The average molecular weight is 360 g/mol. The number of hydrogen-bond acceptors (Lipinski definition) is 6. The molecule has 3 rings (SSSR count). The molecule has 1 aromatic heterocycles. The highest BCUT2D eigenvalue weighted by molar-refractivity contribution is 7.99. The predicted octanol–water partition coefficient (Wildman–Crippen LogP) is 1.69. The van der Waals surface area contributed by atoms with Gasteiger partial charge in [-0.3, -0.25) is 9.69 Å². The molecule has 1 unspecified atom stereocenters. The van der Waals surface area contributed by atoms with Gasteiger partial charge in [0.05, 0.1) is 5.75 Å². The molecule has 0 spiro atoms. The van der Waals surface area contributed by atoms with Crippen LogP contribution in [-0.4, -0.2) is 67.8 Å². The lowest BCUT2D eigenvalue weighted by atomic mass is 10.1. The van der Waals surface area contributed by atoms with Crippen LogP contribution >= 0.6 is 11.8 Å². The Morgan fingerprint density at radius 3 is 2.60 bits per heavy atom. The number of carbonyl (C=O) groups excluding carboxylic acids is 1. The summed E-state index contributed by atoms with van der Waals surface area (Å²) in [6, 6.07) is 10.9. The second-order valence-corrected chi connectivity index (χ2v) is 7.01. The summed E-state index contributed by atoms with van der Waals surface area (Å²) < 4.78 is 1.71. The summed E-state index contributed by atoms with van der Waals surface area (Å²) in [6.07, 6.45) is 0. The van der Waals surface area contributed by atoms with Crippen molar-refractivity contribution in [2.45, 2.75) is 31.6 Å². The van der Waals surface area contributed by atoms with Gasteiger partial charge in [-0.1, -0.05) is 42.1 Å². The molecule has 134 valence electrons. The Labute approximate surface area is 152 Å². The van der Waals surface area contributed by atoms with Crippen molar-refractivity contribution in [3.8, 4) is 0 Å². The number of hydrogen-bond donors (Lipinski definition) is 0. The van der Waals surface area contributed by atoms with Gasteiger partial charge in [-0.25, -0.2) is 4.68 Å². The highest BCUT2D eigenvalue weighted by Gasteiger charge is 2.25. The highest BCUT2D eigenvalue weighted by atomic mass is 32.2. The van der Waals surface area contributed by atoms with Crippen molar-refractivity contribution in [3.63, 3.8) is 0 Å². The van der Waals surface area contributed by atoms with Gasteiger partial charge < -0.3 is 4.90 Å². The summed E-state index contributed by atoms with van der Waals surface area (Å²) in [7, 11) is 0. The maximum absolute atomic E-state index is 12.4. The van der Waals surface area contributed by atoms with Crippen LogP contribution < -0.4 is 0 Å². The molecule has 1 saturated heterocycles. The summed E-state index contributed by atoms with van der Waals surface area (Å²) in [4.78, 5) is 16.8. The van der Waals surface area contributed by atoms with Crippen LogP contribution in [0.3, 0.4) is 0 Å². The van der Waals surface area contributed by atoms with Crippen molar-refractivity contribution >= 4 is 17.7 Å². The van der Waals surface area contributed by atoms with E-state index in [-0.39, 0.29) is 5.91 Å². The third-order valence-electron chi connectivity index (χ3n) is 4.62. The summed E-state index contributed by atoms with van der Waals surface area (Å²) in [5.74, 6) is 0.539. The Morgan fingerprint density at radius 2 is 1.92 bits per heavy atom. The van der Waals surface area contributed by atoms with Crippen molar-refractivity contribution in [1.29, 1.82) is 0 Å². The Morgan fingerprint density at radius 1 is 1.20 bits per heavy atom. The van der Waals surface area contributed by atoms with E-state index in [1.54, 1.807) is 4.68 Å². The number of piperazine rings is 1. The number of benzene rings is 1. The van der Waals surface area contributed by atoms with Crippen molar-refractivity contribution in [1.82, 2.24) is 30.0 Å². The Hall–Kier alpha value is -1.93. The number of aromatic nitrogens is 4. The molecule has 0 aliphatic carbocycles. The number of aryl methyl sites for hydroxylation is 1. The first-order chi connectivity index (χ1) is 12.2. The minimum absolute atomic E-state index is 0.155. The molecule has 0 N–H and O–H groups in total. The van der Waals surface area contributed by atoms with Crippen LogP contribution in [-0.2, 0) is 11.3 Å². The van der Waals surface area contributed by atoms with Gasteiger partial charge in [0.2, 0.25) is 11.1 Å². The van der Waals surface area contributed by atoms with E-state index in [4.69, 9.17) is 0 Å². The molecular formula is C17H24N6OS. The highest BCUT2D eigenvalue weighted by Crippen LogP contribution is 2.22. The number of amides is 1. The summed E-state index contributed by atoms with van der Waals surface area (Å²) in [6.45, 7) is 8.27. The van der Waals surface area contributed by atoms with Crippen LogP contribution in [0.25, 0.3) is 0 Å². The van der Waals surface area contributed by atoms with Gasteiger partial charge in [-0.2, -0.15) is 0 Å². The lowest BCUT2D eigenvalue weighted by molar-refractivity contribution is -0.130. The minimum Gasteiger partial charge on any atom is -0.339 e. The van der Waals surface area contributed by atoms with Crippen LogP contribution in [0, 0.1) is 0 Å². The number of nitrogens with zero attached hydrogens (tertiary/aromatic N) is 6. The predicted molar refractivity (Wildman–Crippen MR) is 97.2 cm³/mol. The van der Waals surface area contributed by atoms with Crippen molar-refractivity contribution < 1.29 is 4.79 Å². The van der Waals surface area contributed by atoms with Crippen molar-refractivity contribution in [3.05, 3.63) is 35.9 Å². The zero-order valence-corrected chi connectivity index (χ0v) is 15.5. The van der Waals surface area contributed by atoms with Crippen molar-refractivity contribution in [2.75, 3.05) is 31.9 Å². The van der Waals surface area contributed by atoms with Crippen molar-refractivity contribution in [2.24, 2.45) is 0 Å². The quantitative estimate of drug-likeness (QED) is 0.731. The van der Waals surface area contributed by atoms with E-state index in [2.05, 4.69) is 51.6 Å². The lowest BCUT2D eigenvalue weighted by Crippen LogP contribution is -2.49. The molecule has 2 aromatic rings. The smallest absolute Gasteiger partial charge is 0.233 e. The normalized spacial score (nSPS) is 16.8. The standard InChI is InChI=1S/C17H24N6OS/c1-3-23-17(18-19-20-23)25-13-16(24)22-11-9-21(10-12-22)14(2)15-7-5-4-6-8-15/h4-8,14H,3,9-13H2,1-2H3. The fraction of sp³-hybridized carbons (Fsp3) is 0.529. The zero-order chi connectivity index (χ0) is 17.6. The molecule has 1 atom stereocenters. The van der Waals surface area contributed by atoms with E-state index in [0.717, 1.165) is 26.2 Å². The van der Waals surface area contributed by atoms with Crippen LogP contribution in [0.15, 0.2) is 35.5 Å². The second kappa shape index (κ2) is 8.44. The van der Waals surface area contributed by atoms with Crippen LogP contribution in [0.2, 0.25) is 0 Å². The minimum atomic E-state index is 0.155. The lowest BCUT2D eigenvalue weighted by Gasteiger charge is -2.38. The molecule has 1 aliphatic rings. The Bertz CT molecular complexity index is 683. The van der Waals surface area contributed by atoms with Gasteiger partial charge in [0.25, 0.3) is 0 Å². The molecule has 0 radical (unpaired) electrons. The number of carbonyl (C=O) groups is 1. The molecule has 2 heterocycles. The van der Waals surface area contributed by atoms with Gasteiger partial charge in [-0.05, 0) is 29.8 Å². The molecule has 0 bridgehead atoms. The molecule has 25 heavy (non-hydrogen) atoms. The molecular weight excluding hydrogens is 336 g/mol. The second-order valence-electron chi connectivity index (χ2n) is 6.07. The number of tetrazole rings is 1. The molecule has 0 saturated carbocycles. The van der Waals surface area contributed by atoms with Gasteiger partial charge in [0.15, 0.2) is 0 Å². The van der Waals surface area contributed by atoms with Gasteiger partial charge >= 0.3 is 0 Å². The topological polar surface area (TPSA) is 67.2 Å². The van der Waals surface area contributed by atoms with Gasteiger partial charge in [0.1, 0.15) is 0 Å². The van der Waals surface area contributed by atoms with E-state index < -0.39 is 0 Å². The first-order valence-corrected chi connectivity index (χ1v) is 9.63. The van der Waals surface area contributed by atoms with Crippen LogP contribution in [0.4, 0.5) is 0 Å². The van der Waals surface area contributed by atoms with E-state index in [0.29, 0.717) is 23.5 Å². The molecule has 1 fully saturated rings. The maximum atomic E-state index is 12.4.